The lowest BCUT2D eigenvalue weighted by atomic mass is 9.93. The fourth-order valence-corrected chi connectivity index (χ4v) is 2.44. The van der Waals surface area contributed by atoms with Gasteiger partial charge in [-0.15, -0.1) is 0 Å². The molecule has 2 unspecified atom stereocenters. The smallest absolute Gasteiger partial charge is 0.369 e. The van der Waals surface area contributed by atoms with Gasteiger partial charge < -0.3 is 15.4 Å². The molecule has 0 aromatic heterocycles. The molecule has 0 bridgehead atoms. The predicted molar refractivity (Wildman–Crippen MR) is 67.2 cm³/mol. The Balaban J connectivity index is 1.65. The molecule has 7 heteroatoms. The summed E-state index contributed by atoms with van der Waals surface area (Å²) in [6.07, 6.45) is 0.212. The summed E-state index contributed by atoms with van der Waals surface area (Å²) in [5.74, 6) is -0.0848. The van der Waals surface area contributed by atoms with E-state index in [0.717, 1.165) is 25.7 Å². The van der Waals surface area contributed by atoms with Gasteiger partial charge in [0, 0.05) is 12.1 Å². The van der Waals surface area contributed by atoms with Gasteiger partial charge in [-0.05, 0) is 38.5 Å². The predicted octanol–water partition coefficient (Wildman–Crippen LogP) is 1.74. The van der Waals surface area contributed by atoms with E-state index in [1.165, 1.54) is 0 Å². The monoisotopic (exact) mass is 294 g/mol. The van der Waals surface area contributed by atoms with E-state index in [1.54, 1.807) is 0 Å². The van der Waals surface area contributed by atoms with Crippen LogP contribution in [0.25, 0.3) is 0 Å². The van der Waals surface area contributed by atoms with Gasteiger partial charge in [-0.1, -0.05) is 0 Å². The molecule has 2 aliphatic carbocycles. The van der Waals surface area contributed by atoms with Crippen LogP contribution in [-0.2, 0) is 9.53 Å². The molecule has 0 radical (unpaired) electrons. The molecule has 0 heterocycles. The summed E-state index contributed by atoms with van der Waals surface area (Å²) < 4.78 is 41.2. The molecule has 0 aromatic carbocycles. The highest BCUT2D eigenvalue weighted by atomic mass is 19.4. The van der Waals surface area contributed by atoms with E-state index in [2.05, 4.69) is 10.6 Å². The van der Waals surface area contributed by atoms with Crippen LogP contribution in [0.1, 0.15) is 38.5 Å². The molecule has 0 saturated heterocycles. The van der Waals surface area contributed by atoms with Crippen molar-refractivity contribution in [2.75, 3.05) is 13.2 Å². The molecule has 0 spiro atoms. The number of amides is 1. The van der Waals surface area contributed by atoms with Gasteiger partial charge in [0.15, 0.2) is 0 Å². The number of hydrogen-bond acceptors (Lipinski definition) is 3. The molecule has 2 atom stereocenters. The van der Waals surface area contributed by atoms with Gasteiger partial charge in [-0.2, -0.15) is 13.2 Å². The fraction of sp³-hybridized carbons (Fsp3) is 0.923. The van der Waals surface area contributed by atoms with Gasteiger partial charge in [-0.3, -0.25) is 4.79 Å². The number of rotatable bonds is 6. The topological polar surface area (TPSA) is 50.4 Å². The van der Waals surface area contributed by atoms with E-state index < -0.39 is 18.9 Å². The van der Waals surface area contributed by atoms with Gasteiger partial charge in [0.1, 0.15) is 6.61 Å². The van der Waals surface area contributed by atoms with Crippen LogP contribution in [0.2, 0.25) is 0 Å². The van der Waals surface area contributed by atoms with Crippen molar-refractivity contribution in [2.45, 2.75) is 62.9 Å². The Kier molecular flexibility index (Phi) is 5.26. The lowest BCUT2D eigenvalue weighted by Crippen LogP contribution is -2.44. The van der Waals surface area contributed by atoms with Crippen molar-refractivity contribution in [3.05, 3.63) is 0 Å². The van der Waals surface area contributed by atoms with Crippen LogP contribution in [0.4, 0.5) is 13.2 Å². The van der Waals surface area contributed by atoms with Crippen molar-refractivity contribution in [1.29, 1.82) is 0 Å². The van der Waals surface area contributed by atoms with Crippen LogP contribution in [0.15, 0.2) is 0 Å². The van der Waals surface area contributed by atoms with Crippen molar-refractivity contribution in [3.8, 4) is 0 Å². The molecule has 116 valence electrons. The summed E-state index contributed by atoms with van der Waals surface area (Å²) >= 11 is 0. The maximum Gasteiger partial charge on any atom is 0.411 e. The zero-order valence-corrected chi connectivity index (χ0v) is 11.3. The summed E-state index contributed by atoms with van der Waals surface area (Å²) in [6.45, 7) is -0.920. The highest BCUT2D eigenvalue weighted by Crippen LogP contribution is 2.24. The molecule has 2 aliphatic rings. The van der Waals surface area contributed by atoms with Crippen molar-refractivity contribution in [3.63, 3.8) is 0 Å². The maximum absolute atomic E-state index is 12.1. The minimum absolute atomic E-state index is 0.0736. The summed E-state index contributed by atoms with van der Waals surface area (Å²) in [4.78, 5) is 11.7. The Morgan fingerprint density at radius 2 is 1.90 bits per heavy atom. The van der Waals surface area contributed by atoms with Gasteiger partial charge >= 0.3 is 6.18 Å². The van der Waals surface area contributed by atoms with E-state index >= 15 is 0 Å². The molecule has 0 aliphatic heterocycles. The first kappa shape index (κ1) is 15.6. The van der Waals surface area contributed by atoms with Crippen LogP contribution in [0.5, 0.6) is 0 Å². The van der Waals surface area contributed by atoms with Crippen LogP contribution < -0.4 is 10.6 Å². The number of hydrogen-bond donors (Lipinski definition) is 2. The van der Waals surface area contributed by atoms with Crippen LogP contribution in [0.3, 0.4) is 0 Å². The number of nitrogens with one attached hydrogen (secondary N) is 2. The third-order valence-electron chi connectivity index (χ3n) is 3.60. The lowest BCUT2D eigenvalue weighted by Gasteiger charge is -2.30. The second-order valence-electron chi connectivity index (χ2n) is 5.63. The highest BCUT2D eigenvalue weighted by molar-refractivity contribution is 5.78. The minimum Gasteiger partial charge on any atom is -0.369 e. The molecule has 2 fully saturated rings. The standard InChI is InChI=1S/C13H21F3N2O2/c14-13(15,16)8-20-11-3-1-2-10(6-11)18-12(19)7-17-9-4-5-9/h9-11,17H,1-8H2,(H,18,19). The second-order valence-corrected chi connectivity index (χ2v) is 5.63. The third-order valence-corrected chi connectivity index (χ3v) is 3.60. The molecule has 2 saturated carbocycles. The number of carbonyl (C=O) groups is 1. The average molecular weight is 294 g/mol. The lowest BCUT2D eigenvalue weighted by molar-refractivity contribution is -0.188. The molecule has 2 rings (SSSR count). The fourth-order valence-electron chi connectivity index (χ4n) is 2.44. The first-order valence-electron chi connectivity index (χ1n) is 7.13. The van der Waals surface area contributed by atoms with E-state index in [4.69, 9.17) is 4.74 Å². The van der Waals surface area contributed by atoms with Gasteiger partial charge in [0.05, 0.1) is 12.6 Å². The normalized spacial score (nSPS) is 27.4. The third kappa shape index (κ3) is 6.09. The van der Waals surface area contributed by atoms with Gasteiger partial charge in [-0.25, -0.2) is 0 Å². The average Bonchev–Trinajstić information content (AvgIpc) is 3.18. The molecular weight excluding hydrogens is 273 g/mol. The van der Waals surface area contributed by atoms with Crippen molar-refractivity contribution in [1.82, 2.24) is 10.6 Å². The van der Waals surface area contributed by atoms with Gasteiger partial charge in [0.25, 0.3) is 0 Å². The van der Waals surface area contributed by atoms with E-state index in [0.29, 0.717) is 18.9 Å². The number of ether oxygens (including phenoxy) is 1. The molecule has 0 aromatic rings. The van der Waals surface area contributed by atoms with Crippen LogP contribution in [0, 0.1) is 0 Å². The largest absolute Gasteiger partial charge is 0.411 e. The quantitative estimate of drug-likeness (QED) is 0.784. The number of carbonyl (C=O) groups excluding carboxylic acids is 1. The summed E-state index contributed by atoms with van der Waals surface area (Å²) in [7, 11) is 0. The SMILES string of the molecule is O=C(CNC1CC1)NC1CCCC(OCC(F)(F)F)C1. The first-order valence-corrected chi connectivity index (χ1v) is 7.13. The molecule has 4 nitrogen and oxygen atoms in total. The Morgan fingerprint density at radius 1 is 1.15 bits per heavy atom. The van der Waals surface area contributed by atoms with Crippen LogP contribution in [-0.4, -0.2) is 43.4 Å². The van der Waals surface area contributed by atoms with Gasteiger partial charge in [0.2, 0.25) is 5.91 Å². The minimum atomic E-state index is -4.29. The van der Waals surface area contributed by atoms with Crippen molar-refractivity contribution < 1.29 is 22.7 Å². The van der Waals surface area contributed by atoms with Crippen molar-refractivity contribution >= 4 is 5.91 Å². The van der Waals surface area contributed by atoms with E-state index in [9.17, 15) is 18.0 Å². The zero-order chi connectivity index (χ0) is 14.6. The molecule has 2 N–H and O–H groups in total. The van der Waals surface area contributed by atoms with Crippen molar-refractivity contribution in [2.24, 2.45) is 0 Å². The second kappa shape index (κ2) is 6.76. The maximum atomic E-state index is 12.1. The zero-order valence-electron chi connectivity index (χ0n) is 11.3. The molecule has 1 amide bonds. The summed E-state index contributed by atoms with van der Waals surface area (Å²) in [5.41, 5.74) is 0. The number of alkyl halides is 3. The molecular formula is C13H21F3N2O2. The Labute approximate surface area is 116 Å². The molecule has 20 heavy (non-hydrogen) atoms. The Hall–Kier alpha value is -0.820. The van der Waals surface area contributed by atoms with Crippen LogP contribution >= 0.6 is 0 Å². The highest BCUT2D eigenvalue weighted by Gasteiger charge is 2.31. The Morgan fingerprint density at radius 3 is 2.55 bits per heavy atom. The Bertz CT molecular complexity index is 332. The number of halogens is 3. The van der Waals surface area contributed by atoms with E-state index in [1.807, 2.05) is 0 Å². The summed E-state index contributed by atoms with van der Waals surface area (Å²) in [5, 5.41) is 5.98. The first-order chi connectivity index (χ1) is 9.42. The summed E-state index contributed by atoms with van der Waals surface area (Å²) in [6, 6.07) is 0.394. The van der Waals surface area contributed by atoms with E-state index in [-0.39, 0.29) is 18.5 Å².